The number of carbonyl (C=O) groups is 1. The van der Waals surface area contributed by atoms with Gasteiger partial charge in [0.15, 0.2) is 5.13 Å². The molecule has 0 bridgehead atoms. The van der Waals surface area contributed by atoms with Crippen molar-refractivity contribution in [2.45, 2.75) is 19.2 Å². The topological polar surface area (TPSA) is 81.1 Å². The summed E-state index contributed by atoms with van der Waals surface area (Å²) in [7, 11) is 1.83. The molecule has 0 radical (unpaired) electrons. The number of halogens is 3. The van der Waals surface area contributed by atoms with Gasteiger partial charge >= 0.3 is 6.36 Å². The van der Waals surface area contributed by atoms with Crippen LogP contribution < -0.4 is 15.4 Å². The molecule has 1 saturated carbocycles. The molecule has 0 aliphatic heterocycles. The van der Waals surface area contributed by atoms with E-state index in [1.54, 1.807) is 12.1 Å². The largest absolute Gasteiger partial charge is 0.573 e. The number of ether oxygens (including phenoxy) is 1. The molecular weight excluding hydrogens is 443 g/mol. The number of amides is 1. The number of hydrogen-bond donors (Lipinski definition) is 2. The Kier molecular flexibility index (Phi) is 4.92. The van der Waals surface area contributed by atoms with Gasteiger partial charge in [-0.3, -0.25) is 4.79 Å². The molecule has 1 fully saturated rings. The van der Waals surface area contributed by atoms with Crippen LogP contribution in [-0.2, 0) is 7.05 Å². The number of carbonyl (C=O) groups excluding carboxylic acids is 1. The number of thiazole rings is 1. The number of alkyl halides is 3. The van der Waals surface area contributed by atoms with Gasteiger partial charge in [0.25, 0.3) is 5.91 Å². The Labute approximate surface area is 184 Å². The van der Waals surface area contributed by atoms with Crippen LogP contribution in [0.25, 0.3) is 21.3 Å². The Morgan fingerprint density at radius 3 is 2.75 bits per heavy atom. The highest BCUT2D eigenvalue weighted by atomic mass is 32.1. The van der Waals surface area contributed by atoms with Crippen LogP contribution in [0.2, 0.25) is 0 Å². The smallest absolute Gasteiger partial charge is 0.406 e. The first-order valence-corrected chi connectivity index (χ1v) is 10.7. The summed E-state index contributed by atoms with van der Waals surface area (Å²) in [6, 6.07) is 9.33. The molecule has 7 nitrogen and oxygen atoms in total. The standard InChI is InChI=1S/C21H18F3N5O2S/c1-29-16-7-4-12(18(30)25-10-11-2-3-11)8-15(16)26-19(29)28-20-27-14-6-5-13(9-17(14)32-20)31-21(22,23)24/h4-9,11H,2-3,10H2,1H3,(H,25,30)(H,26,27,28). The average molecular weight is 461 g/mol. The van der Waals surface area contributed by atoms with Crippen LogP contribution >= 0.6 is 11.3 Å². The van der Waals surface area contributed by atoms with Crippen LogP contribution in [0.15, 0.2) is 36.4 Å². The molecule has 2 aromatic heterocycles. The summed E-state index contributed by atoms with van der Waals surface area (Å²) in [5, 5.41) is 6.53. The maximum absolute atomic E-state index is 12.5. The van der Waals surface area contributed by atoms with Gasteiger partial charge in [0.2, 0.25) is 5.95 Å². The third kappa shape index (κ3) is 4.33. The number of fused-ring (bicyclic) bond motifs is 2. The molecule has 2 aromatic carbocycles. The lowest BCUT2D eigenvalue weighted by Crippen LogP contribution is -2.25. The van der Waals surface area contributed by atoms with Crippen LogP contribution in [0.3, 0.4) is 0 Å². The molecule has 166 valence electrons. The van der Waals surface area contributed by atoms with Crippen molar-refractivity contribution in [1.29, 1.82) is 0 Å². The summed E-state index contributed by atoms with van der Waals surface area (Å²) in [5.41, 5.74) is 2.56. The Morgan fingerprint density at radius 1 is 1.19 bits per heavy atom. The van der Waals surface area contributed by atoms with Crippen molar-refractivity contribution < 1.29 is 22.7 Å². The van der Waals surface area contributed by atoms with Gasteiger partial charge in [-0.05, 0) is 49.1 Å². The predicted octanol–water partition coefficient (Wildman–Crippen LogP) is 4.97. The van der Waals surface area contributed by atoms with Gasteiger partial charge < -0.3 is 19.9 Å². The lowest BCUT2D eigenvalue weighted by Gasteiger charge is -2.07. The first-order valence-electron chi connectivity index (χ1n) is 9.93. The molecule has 1 amide bonds. The van der Waals surface area contributed by atoms with Gasteiger partial charge in [0, 0.05) is 25.2 Å². The number of hydrogen-bond acceptors (Lipinski definition) is 6. The second-order valence-corrected chi connectivity index (χ2v) is 8.70. The fraction of sp³-hybridized carbons (Fsp3) is 0.286. The van der Waals surface area contributed by atoms with Crippen LogP contribution in [0.5, 0.6) is 5.75 Å². The SMILES string of the molecule is Cn1c(Nc2nc3ccc(OC(F)(F)F)cc3s2)nc2cc(C(=O)NCC3CC3)ccc21. The zero-order valence-corrected chi connectivity index (χ0v) is 17.7. The van der Waals surface area contributed by atoms with Gasteiger partial charge in [-0.25, -0.2) is 9.97 Å². The first kappa shape index (κ1) is 20.6. The Balaban J connectivity index is 1.37. The Bertz CT molecular complexity index is 1330. The summed E-state index contributed by atoms with van der Waals surface area (Å²) in [6.45, 7) is 0.694. The molecule has 32 heavy (non-hydrogen) atoms. The maximum Gasteiger partial charge on any atom is 0.573 e. The van der Waals surface area contributed by atoms with E-state index in [9.17, 15) is 18.0 Å². The summed E-state index contributed by atoms with van der Waals surface area (Å²) < 4.78 is 43.7. The summed E-state index contributed by atoms with van der Waals surface area (Å²) in [6.07, 6.45) is -2.42. The van der Waals surface area contributed by atoms with E-state index in [-0.39, 0.29) is 11.7 Å². The third-order valence-electron chi connectivity index (χ3n) is 5.20. The molecule has 2 heterocycles. The molecule has 2 N–H and O–H groups in total. The number of benzene rings is 2. The number of anilines is 2. The minimum Gasteiger partial charge on any atom is -0.406 e. The molecule has 0 spiro atoms. The van der Waals surface area contributed by atoms with E-state index in [2.05, 4.69) is 25.3 Å². The van der Waals surface area contributed by atoms with Gasteiger partial charge in [-0.2, -0.15) is 0 Å². The number of imidazole rings is 1. The number of aryl methyl sites for hydroxylation is 1. The van der Waals surface area contributed by atoms with Crippen molar-refractivity contribution in [3.63, 3.8) is 0 Å². The molecular formula is C21H18F3N5O2S. The van der Waals surface area contributed by atoms with Crippen molar-refractivity contribution in [2.75, 3.05) is 11.9 Å². The highest BCUT2D eigenvalue weighted by Gasteiger charge is 2.31. The highest BCUT2D eigenvalue weighted by molar-refractivity contribution is 7.22. The number of nitrogens with one attached hydrogen (secondary N) is 2. The van der Waals surface area contributed by atoms with E-state index in [0.717, 1.165) is 18.4 Å². The van der Waals surface area contributed by atoms with Crippen molar-refractivity contribution in [2.24, 2.45) is 13.0 Å². The van der Waals surface area contributed by atoms with Crippen LogP contribution in [0.4, 0.5) is 24.3 Å². The van der Waals surface area contributed by atoms with Gasteiger partial charge in [-0.15, -0.1) is 13.2 Å². The molecule has 0 unspecified atom stereocenters. The quantitative estimate of drug-likeness (QED) is 0.424. The third-order valence-corrected chi connectivity index (χ3v) is 6.14. The Morgan fingerprint density at radius 2 is 2.00 bits per heavy atom. The van der Waals surface area contributed by atoms with Crippen LogP contribution in [-0.4, -0.2) is 33.3 Å². The number of aromatic nitrogens is 3. The fourth-order valence-corrected chi connectivity index (χ4v) is 4.25. The van der Waals surface area contributed by atoms with Crippen LogP contribution in [0, 0.1) is 5.92 Å². The first-order chi connectivity index (χ1) is 15.2. The van der Waals surface area contributed by atoms with E-state index < -0.39 is 6.36 Å². The summed E-state index contributed by atoms with van der Waals surface area (Å²) in [5.74, 6) is 0.678. The fourth-order valence-electron chi connectivity index (χ4n) is 3.37. The lowest BCUT2D eigenvalue weighted by atomic mass is 10.2. The monoisotopic (exact) mass is 461 g/mol. The average Bonchev–Trinajstić information content (AvgIpc) is 3.40. The van der Waals surface area contributed by atoms with E-state index in [0.29, 0.717) is 44.8 Å². The lowest BCUT2D eigenvalue weighted by molar-refractivity contribution is -0.274. The van der Waals surface area contributed by atoms with E-state index in [4.69, 9.17) is 0 Å². The van der Waals surface area contributed by atoms with E-state index in [1.165, 1.54) is 29.5 Å². The normalized spacial score (nSPS) is 14.1. The number of nitrogens with zero attached hydrogens (tertiary/aromatic N) is 3. The minimum absolute atomic E-state index is 0.123. The van der Waals surface area contributed by atoms with Gasteiger partial charge in [0.1, 0.15) is 5.75 Å². The number of rotatable bonds is 6. The van der Waals surface area contributed by atoms with Gasteiger partial charge in [0.05, 0.1) is 21.3 Å². The van der Waals surface area contributed by atoms with Crippen molar-refractivity contribution in [3.8, 4) is 5.75 Å². The predicted molar refractivity (Wildman–Crippen MR) is 115 cm³/mol. The van der Waals surface area contributed by atoms with E-state index >= 15 is 0 Å². The Hall–Kier alpha value is -3.34. The molecule has 1 aliphatic rings. The molecule has 4 aromatic rings. The maximum atomic E-state index is 12.5. The molecule has 1 aliphatic carbocycles. The zero-order chi connectivity index (χ0) is 22.5. The van der Waals surface area contributed by atoms with Crippen molar-refractivity contribution in [3.05, 3.63) is 42.0 Å². The van der Waals surface area contributed by atoms with Crippen LogP contribution in [0.1, 0.15) is 23.2 Å². The summed E-state index contributed by atoms with van der Waals surface area (Å²) >= 11 is 1.19. The second kappa shape index (κ2) is 7.66. The zero-order valence-electron chi connectivity index (χ0n) is 16.9. The summed E-state index contributed by atoms with van der Waals surface area (Å²) in [4.78, 5) is 21.3. The molecule has 0 atom stereocenters. The highest BCUT2D eigenvalue weighted by Crippen LogP contribution is 2.33. The van der Waals surface area contributed by atoms with Crippen molar-refractivity contribution in [1.82, 2.24) is 19.9 Å². The molecule has 5 rings (SSSR count). The molecule has 11 heteroatoms. The van der Waals surface area contributed by atoms with Crippen molar-refractivity contribution >= 4 is 49.6 Å². The van der Waals surface area contributed by atoms with E-state index in [1.807, 2.05) is 17.7 Å². The molecule has 0 saturated heterocycles. The second-order valence-electron chi connectivity index (χ2n) is 7.67. The minimum atomic E-state index is -4.75. The van der Waals surface area contributed by atoms with Gasteiger partial charge in [-0.1, -0.05) is 11.3 Å².